The predicted molar refractivity (Wildman–Crippen MR) is 63.7 cm³/mol. The highest BCUT2D eigenvalue weighted by Gasteiger charge is 2.08. The van der Waals surface area contributed by atoms with Gasteiger partial charge in [0, 0.05) is 31.5 Å². The van der Waals surface area contributed by atoms with E-state index in [1.165, 1.54) is 5.56 Å². The monoisotopic (exact) mass is 207 g/mol. The summed E-state index contributed by atoms with van der Waals surface area (Å²) in [5.74, 6) is 0. The van der Waals surface area contributed by atoms with Crippen LogP contribution >= 0.6 is 0 Å². The minimum atomic E-state index is 0.554. The topological polar surface area (TPSA) is 28.2 Å². The van der Waals surface area contributed by atoms with Crippen LogP contribution in [0.25, 0.3) is 0 Å². The number of hydrogen-bond acceptors (Lipinski definition) is 3. The van der Waals surface area contributed by atoms with Gasteiger partial charge in [-0.05, 0) is 38.2 Å². The van der Waals surface area contributed by atoms with E-state index in [2.05, 4.69) is 48.2 Å². The maximum Gasteiger partial charge on any atom is 0.0271 e. The summed E-state index contributed by atoms with van der Waals surface area (Å²) in [5, 5.41) is 3.36. The Kier molecular flexibility index (Phi) is 5.29. The first-order valence-corrected chi connectivity index (χ1v) is 5.54. The Morgan fingerprint density at radius 3 is 2.67 bits per heavy atom. The van der Waals surface area contributed by atoms with Crippen LogP contribution in [0.5, 0.6) is 0 Å². The van der Waals surface area contributed by atoms with Crippen LogP contribution in [0.2, 0.25) is 0 Å². The van der Waals surface area contributed by atoms with Gasteiger partial charge in [0.2, 0.25) is 0 Å². The standard InChI is InChI=1S/C12H21N3/c1-4-13-9-11(2)15(3)10-12-5-7-14-8-6-12/h5-8,11,13H,4,9-10H2,1-3H3. The van der Waals surface area contributed by atoms with E-state index in [0.29, 0.717) is 6.04 Å². The molecule has 1 aromatic heterocycles. The highest BCUT2D eigenvalue weighted by atomic mass is 15.1. The summed E-state index contributed by atoms with van der Waals surface area (Å²) in [6.07, 6.45) is 3.69. The number of likely N-dealkylation sites (N-methyl/N-ethyl adjacent to an activating group) is 2. The number of nitrogens with one attached hydrogen (secondary N) is 1. The van der Waals surface area contributed by atoms with Crippen molar-refractivity contribution in [1.82, 2.24) is 15.2 Å². The third-order valence-corrected chi connectivity index (χ3v) is 2.62. The number of rotatable bonds is 6. The van der Waals surface area contributed by atoms with Gasteiger partial charge in [-0.2, -0.15) is 0 Å². The first-order chi connectivity index (χ1) is 7.24. The largest absolute Gasteiger partial charge is 0.315 e. The molecule has 0 fully saturated rings. The lowest BCUT2D eigenvalue weighted by molar-refractivity contribution is 0.244. The number of hydrogen-bond donors (Lipinski definition) is 1. The van der Waals surface area contributed by atoms with Crippen LogP contribution in [-0.4, -0.2) is 36.1 Å². The normalized spacial score (nSPS) is 13.1. The second kappa shape index (κ2) is 6.53. The molecule has 0 bridgehead atoms. The zero-order chi connectivity index (χ0) is 11.1. The van der Waals surface area contributed by atoms with Gasteiger partial charge in [-0.25, -0.2) is 0 Å². The fourth-order valence-electron chi connectivity index (χ4n) is 1.44. The van der Waals surface area contributed by atoms with Gasteiger partial charge in [-0.1, -0.05) is 6.92 Å². The van der Waals surface area contributed by atoms with Gasteiger partial charge in [-0.15, -0.1) is 0 Å². The first-order valence-electron chi connectivity index (χ1n) is 5.54. The van der Waals surface area contributed by atoms with Crippen LogP contribution in [0.4, 0.5) is 0 Å². The van der Waals surface area contributed by atoms with Crippen molar-refractivity contribution < 1.29 is 0 Å². The number of pyridine rings is 1. The molecule has 15 heavy (non-hydrogen) atoms. The SMILES string of the molecule is CCNCC(C)N(C)Cc1ccncc1. The van der Waals surface area contributed by atoms with E-state index < -0.39 is 0 Å². The summed E-state index contributed by atoms with van der Waals surface area (Å²) < 4.78 is 0. The summed E-state index contributed by atoms with van der Waals surface area (Å²) in [6.45, 7) is 7.43. The quantitative estimate of drug-likeness (QED) is 0.766. The lowest BCUT2D eigenvalue weighted by atomic mass is 10.2. The molecule has 1 N–H and O–H groups in total. The molecule has 0 amide bonds. The van der Waals surface area contributed by atoms with Crippen LogP contribution in [-0.2, 0) is 6.54 Å². The molecule has 1 heterocycles. The van der Waals surface area contributed by atoms with E-state index in [9.17, 15) is 0 Å². The van der Waals surface area contributed by atoms with E-state index in [1.807, 2.05) is 12.4 Å². The lowest BCUT2D eigenvalue weighted by Gasteiger charge is -2.24. The summed E-state index contributed by atoms with van der Waals surface area (Å²) in [7, 11) is 2.16. The fourth-order valence-corrected chi connectivity index (χ4v) is 1.44. The molecule has 84 valence electrons. The van der Waals surface area contributed by atoms with Crippen molar-refractivity contribution in [3.05, 3.63) is 30.1 Å². The van der Waals surface area contributed by atoms with Crippen LogP contribution < -0.4 is 5.32 Å². The molecule has 0 aliphatic heterocycles. The van der Waals surface area contributed by atoms with Gasteiger partial charge in [0.25, 0.3) is 0 Å². The molecule has 1 unspecified atom stereocenters. The summed E-state index contributed by atoms with van der Waals surface area (Å²) in [5.41, 5.74) is 1.32. The van der Waals surface area contributed by atoms with E-state index in [0.717, 1.165) is 19.6 Å². The summed E-state index contributed by atoms with van der Waals surface area (Å²) in [6, 6.07) is 4.69. The number of aromatic nitrogens is 1. The average molecular weight is 207 g/mol. The third-order valence-electron chi connectivity index (χ3n) is 2.62. The maximum atomic E-state index is 4.02. The molecular formula is C12H21N3. The molecular weight excluding hydrogens is 186 g/mol. The fraction of sp³-hybridized carbons (Fsp3) is 0.583. The molecule has 3 nitrogen and oxygen atoms in total. The smallest absolute Gasteiger partial charge is 0.0271 e. The van der Waals surface area contributed by atoms with Gasteiger partial charge >= 0.3 is 0 Å². The molecule has 0 aliphatic rings. The molecule has 0 saturated carbocycles. The van der Waals surface area contributed by atoms with Gasteiger partial charge in [0.15, 0.2) is 0 Å². The Balaban J connectivity index is 2.38. The predicted octanol–water partition coefficient (Wildman–Crippen LogP) is 1.51. The second-order valence-electron chi connectivity index (χ2n) is 3.93. The molecule has 0 aliphatic carbocycles. The Labute approximate surface area is 92.5 Å². The zero-order valence-electron chi connectivity index (χ0n) is 9.90. The Morgan fingerprint density at radius 2 is 2.07 bits per heavy atom. The van der Waals surface area contributed by atoms with Crippen LogP contribution in [0.3, 0.4) is 0 Å². The molecule has 3 heteroatoms. The third kappa shape index (κ3) is 4.40. The first kappa shape index (κ1) is 12.1. The number of nitrogens with zero attached hydrogens (tertiary/aromatic N) is 2. The van der Waals surface area contributed by atoms with E-state index >= 15 is 0 Å². The molecule has 0 saturated heterocycles. The summed E-state index contributed by atoms with van der Waals surface area (Å²) >= 11 is 0. The van der Waals surface area contributed by atoms with Gasteiger partial charge in [-0.3, -0.25) is 9.88 Å². The maximum absolute atomic E-state index is 4.02. The van der Waals surface area contributed by atoms with Crippen LogP contribution in [0.15, 0.2) is 24.5 Å². The van der Waals surface area contributed by atoms with Gasteiger partial charge < -0.3 is 5.32 Å². The van der Waals surface area contributed by atoms with Crippen molar-refractivity contribution in [2.45, 2.75) is 26.4 Å². The zero-order valence-corrected chi connectivity index (χ0v) is 9.90. The Morgan fingerprint density at radius 1 is 1.40 bits per heavy atom. The van der Waals surface area contributed by atoms with E-state index in [-0.39, 0.29) is 0 Å². The van der Waals surface area contributed by atoms with Crippen LogP contribution in [0.1, 0.15) is 19.4 Å². The minimum absolute atomic E-state index is 0.554. The molecule has 1 rings (SSSR count). The highest BCUT2D eigenvalue weighted by molar-refractivity contribution is 5.09. The summed E-state index contributed by atoms with van der Waals surface area (Å²) in [4.78, 5) is 6.36. The minimum Gasteiger partial charge on any atom is -0.315 e. The van der Waals surface area contributed by atoms with Crippen molar-refractivity contribution in [2.75, 3.05) is 20.1 Å². The van der Waals surface area contributed by atoms with Crippen molar-refractivity contribution in [3.8, 4) is 0 Å². The second-order valence-corrected chi connectivity index (χ2v) is 3.93. The van der Waals surface area contributed by atoms with E-state index in [1.54, 1.807) is 0 Å². The Bertz CT molecular complexity index is 261. The molecule has 1 aromatic rings. The van der Waals surface area contributed by atoms with Crippen molar-refractivity contribution in [3.63, 3.8) is 0 Å². The average Bonchev–Trinajstić information content (AvgIpc) is 2.27. The highest BCUT2D eigenvalue weighted by Crippen LogP contribution is 2.04. The molecule has 0 aromatic carbocycles. The Hall–Kier alpha value is -0.930. The van der Waals surface area contributed by atoms with Gasteiger partial charge in [0.05, 0.1) is 0 Å². The lowest BCUT2D eigenvalue weighted by Crippen LogP contribution is -2.37. The van der Waals surface area contributed by atoms with Gasteiger partial charge in [0.1, 0.15) is 0 Å². The molecule has 0 radical (unpaired) electrons. The molecule has 1 atom stereocenters. The van der Waals surface area contributed by atoms with Crippen molar-refractivity contribution in [1.29, 1.82) is 0 Å². The van der Waals surface area contributed by atoms with Crippen LogP contribution in [0, 0.1) is 0 Å². The molecule has 0 spiro atoms. The van der Waals surface area contributed by atoms with Crippen molar-refractivity contribution in [2.24, 2.45) is 0 Å². The van der Waals surface area contributed by atoms with E-state index in [4.69, 9.17) is 0 Å². The van der Waals surface area contributed by atoms with Crippen molar-refractivity contribution >= 4 is 0 Å².